The van der Waals surface area contributed by atoms with Crippen LogP contribution in [-0.2, 0) is 4.57 Å². The summed E-state index contributed by atoms with van der Waals surface area (Å²) in [5.41, 5.74) is 5.01. The largest absolute Gasteiger partial charge is 0.394 e. The van der Waals surface area contributed by atoms with E-state index in [1.165, 1.54) is 0 Å². The van der Waals surface area contributed by atoms with Crippen LogP contribution < -0.4 is 5.73 Å². The van der Waals surface area contributed by atoms with Crippen LogP contribution in [0.25, 0.3) is 0 Å². The van der Waals surface area contributed by atoms with E-state index in [4.69, 9.17) is 21.1 Å². The number of hydrogen-bond acceptors (Lipinski definition) is 5. The second-order valence-electron chi connectivity index (χ2n) is 2.15. The summed E-state index contributed by atoms with van der Waals surface area (Å²) in [6.45, 7) is -0.536. The highest BCUT2D eigenvalue weighted by molar-refractivity contribution is 7.45. The number of rotatable bonds is 5. The molecule has 0 aliphatic carbocycles. The minimum Gasteiger partial charge on any atom is -0.394 e. The van der Waals surface area contributed by atoms with Crippen molar-refractivity contribution >= 4 is 7.80 Å². The van der Waals surface area contributed by atoms with E-state index in [0.29, 0.717) is 0 Å². The molecule has 0 bridgehead atoms. The lowest BCUT2D eigenvalue weighted by molar-refractivity contribution is 0.111. The van der Waals surface area contributed by atoms with Crippen LogP contribution in [0, 0.1) is 0 Å². The molecule has 0 aromatic heterocycles. The summed E-state index contributed by atoms with van der Waals surface area (Å²) in [6, 6.07) is 0. The fraction of sp³-hybridized carbons (Fsp3) is 1.00. The van der Waals surface area contributed by atoms with Crippen LogP contribution >= 0.6 is 7.80 Å². The first-order valence-electron chi connectivity index (χ1n) is 3.22. The van der Waals surface area contributed by atoms with Gasteiger partial charge in [0.2, 0.25) is 0 Å². The molecule has 0 fully saturated rings. The zero-order valence-corrected chi connectivity index (χ0v) is 6.94. The van der Waals surface area contributed by atoms with Crippen molar-refractivity contribution in [2.75, 3.05) is 19.3 Å². The highest BCUT2D eigenvalue weighted by Gasteiger charge is 2.28. The second-order valence-corrected chi connectivity index (χ2v) is 3.95. The van der Waals surface area contributed by atoms with Crippen molar-refractivity contribution < 1.29 is 19.9 Å². The van der Waals surface area contributed by atoms with Gasteiger partial charge in [-0.2, -0.15) is 0 Å². The minimum atomic E-state index is -1.92. The summed E-state index contributed by atoms with van der Waals surface area (Å²) >= 11 is 0. The predicted octanol–water partition coefficient (Wildman–Crippen LogP) is -1.56. The SMILES string of the molecule is NCC(O)[P+](=O)CC(O)CO. The molecule has 0 saturated carbocycles. The molecule has 0 saturated heterocycles. The zero-order chi connectivity index (χ0) is 8.85. The Balaban J connectivity index is 3.68. The van der Waals surface area contributed by atoms with E-state index < -0.39 is 26.4 Å². The van der Waals surface area contributed by atoms with E-state index >= 15 is 0 Å². The Morgan fingerprint density at radius 2 is 2.00 bits per heavy atom. The van der Waals surface area contributed by atoms with Gasteiger partial charge in [-0.1, -0.05) is 4.57 Å². The monoisotopic (exact) mass is 182 g/mol. The first-order chi connectivity index (χ1) is 5.11. The Bertz CT molecular complexity index is 132. The summed E-state index contributed by atoms with van der Waals surface area (Å²) in [4.78, 5) is 0. The van der Waals surface area contributed by atoms with Gasteiger partial charge in [0.05, 0.1) is 13.2 Å². The molecule has 0 aliphatic rings. The fourth-order valence-corrected chi connectivity index (χ4v) is 1.51. The van der Waals surface area contributed by atoms with Gasteiger partial charge in [-0.15, -0.1) is 0 Å². The standard InChI is InChI=1S/C5H13NO4P/c6-1-5(9)11(10)3-4(8)2-7/h4-5,7-9H,1-3,6H2/q+1. The third kappa shape index (κ3) is 4.40. The summed E-state index contributed by atoms with van der Waals surface area (Å²) < 4.78 is 10.9. The van der Waals surface area contributed by atoms with Gasteiger partial charge in [0.1, 0.15) is 6.10 Å². The van der Waals surface area contributed by atoms with Gasteiger partial charge in [-0.05, 0) is 0 Å². The van der Waals surface area contributed by atoms with Gasteiger partial charge in [-0.25, -0.2) is 0 Å². The molecule has 0 radical (unpaired) electrons. The number of hydrogen-bond donors (Lipinski definition) is 4. The minimum absolute atomic E-state index is 0.0899. The van der Waals surface area contributed by atoms with Crippen molar-refractivity contribution in [3.05, 3.63) is 0 Å². The highest BCUT2D eigenvalue weighted by atomic mass is 31.1. The maximum Gasteiger partial charge on any atom is 0.374 e. The van der Waals surface area contributed by atoms with Crippen LogP contribution in [0.5, 0.6) is 0 Å². The molecule has 5 nitrogen and oxygen atoms in total. The predicted molar refractivity (Wildman–Crippen MR) is 40.6 cm³/mol. The van der Waals surface area contributed by atoms with Gasteiger partial charge in [0.15, 0.2) is 6.16 Å². The van der Waals surface area contributed by atoms with Gasteiger partial charge in [0, 0.05) is 0 Å². The van der Waals surface area contributed by atoms with Crippen molar-refractivity contribution in [2.24, 2.45) is 5.73 Å². The Labute approximate surface area is 65.6 Å². The third-order valence-corrected chi connectivity index (χ3v) is 2.80. The molecule has 0 amide bonds. The highest BCUT2D eigenvalue weighted by Crippen LogP contribution is 2.25. The Hall–Kier alpha value is -0.0600. The van der Waals surface area contributed by atoms with Gasteiger partial charge in [-0.3, -0.25) is 0 Å². The van der Waals surface area contributed by atoms with Crippen LogP contribution in [0.4, 0.5) is 0 Å². The molecule has 0 rings (SSSR count). The molecule has 0 aromatic rings. The molecule has 0 heterocycles. The van der Waals surface area contributed by atoms with Crippen LogP contribution in [0.3, 0.4) is 0 Å². The molecule has 5 N–H and O–H groups in total. The first-order valence-corrected chi connectivity index (χ1v) is 4.74. The van der Waals surface area contributed by atoms with E-state index in [1.807, 2.05) is 0 Å². The van der Waals surface area contributed by atoms with E-state index in [1.54, 1.807) is 0 Å². The van der Waals surface area contributed by atoms with Crippen LogP contribution in [-0.4, -0.2) is 46.6 Å². The van der Waals surface area contributed by atoms with Crippen molar-refractivity contribution in [3.63, 3.8) is 0 Å². The molecule has 0 aliphatic heterocycles. The van der Waals surface area contributed by atoms with Gasteiger partial charge >= 0.3 is 7.80 Å². The number of aliphatic hydroxyl groups is 3. The average molecular weight is 182 g/mol. The maximum absolute atomic E-state index is 10.9. The molecule has 3 atom stereocenters. The fourth-order valence-electron chi connectivity index (χ4n) is 0.505. The summed E-state index contributed by atoms with van der Waals surface area (Å²) in [5, 5.41) is 26.0. The van der Waals surface area contributed by atoms with E-state index in [0.717, 1.165) is 0 Å². The molecular formula is C5H13NO4P+. The molecular weight excluding hydrogens is 169 g/mol. The van der Waals surface area contributed by atoms with Gasteiger partial charge in [0.25, 0.3) is 5.85 Å². The maximum atomic E-state index is 10.9. The molecule has 3 unspecified atom stereocenters. The van der Waals surface area contributed by atoms with Crippen molar-refractivity contribution in [2.45, 2.75) is 11.9 Å². The van der Waals surface area contributed by atoms with E-state index in [9.17, 15) is 4.57 Å². The topological polar surface area (TPSA) is 104 Å². The summed E-state index contributed by atoms with van der Waals surface area (Å²) in [5.74, 6) is -1.08. The van der Waals surface area contributed by atoms with Crippen molar-refractivity contribution in [3.8, 4) is 0 Å². The lowest BCUT2D eigenvalue weighted by Crippen LogP contribution is -2.21. The third-order valence-electron chi connectivity index (χ3n) is 1.14. The average Bonchev–Trinajstić information content (AvgIpc) is 2.02. The number of nitrogens with two attached hydrogens (primary N) is 1. The summed E-state index contributed by atoms with van der Waals surface area (Å²) in [7, 11) is -1.92. The van der Waals surface area contributed by atoms with E-state index in [2.05, 4.69) is 0 Å². The van der Waals surface area contributed by atoms with Gasteiger partial charge < -0.3 is 21.1 Å². The molecule has 6 heteroatoms. The first kappa shape index (κ1) is 10.9. The quantitative estimate of drug-likeness (QED) is 0.385. The van der Waals surface area contributed by atoms with E-state index in [-0.39, 0.29) is 12.7 Å². The molecule has 11 heavy (non-hydrogen) atoms. The normalized spacial score (nSPS) is 17.6. The lowest BCUT2D eigenvalue weighted by Gasteiger charge is -1.99. The van der Waals surface area contributed by atoms with Crippen LogP contribution in [0.1, 0.15) is 0 Å². The molecule has 0 aromatic carbocycles. The Morgan fingerprint density at radius 3 is 2.36 bits per heavy atom. The van der Waals surface area contributed by atoms with Crippen LogP contribution in [0.2, 0.25) is 0 Å². The van der Waals surface area contributed by atoms with Crippen molar-refractivity contribution in [1.82, 2.24) is 0 Å². The van der Waals surface area contributed by atoms with Crippen molar-refractivity contribution in [1.29, 1.82) is 0 Å². The Morgan fingerprint density at radius 1 is 1.45 bits per heavy atom. The van der Waals surface area contributed by atoms with Crippen LogP contribution in [0.15, 0.2) is 0 Å². The molecule has 0 spiro atoms. The Kier molecular flexibility index (Phi) is 5.54. The smallest absolute Gasteiger partial charge is 0.374 e. The molecule has 66 valence electrons. The lowest BCUT2D eigenvalue weighted by atomic mass is 10.4. The second kappa shape index (κ2) is 5.57. The number of aliphatic hydroxyl groups excluding tert-OH is 3. The zero-order valence-electron chi connectivity index (χ0n) is 6.05. The summed E-state index contributed by atoms with van der Waals surface area (Å²) in [6.07, 6.45) is -1.13.